The summed E-state index contributed by atoms with van der Waals surface area (Å²) in [6.07, 6.45) is -2.40. The molecule has 1 aromatic rings. The molecule has 0 radical (unpaired) electrons. The average Bonchev–Trinajstić information content (AvgIpc) is 2.90. The van der Waals surface area contributed by atoms with Crippen molar-refractivity contribution < 1.29 is 22.8 Å². The van der Waals surface area contributed by atoms with Gasteiger partial charge in [-0.25, -0.2) is 9.79 Å². The number of benzene rings is 1. The fraction of sp³-hybridized carbons (Fsp3) is 0.591. The molecule has 1 aromatic carbocycles. The first kappa shape index (κ1) is 23.9. The molecule has 7 nitrogen and oxygen atoms in total. The minimum atomic E-state index is -4.42. The molecule has 0 aromatic heterocycles. The third-order valence-electron chi connectivity index (χ3n) is 5.96. The number of anilines is 1. The van der Waals surface area contributed by atoms with Crippen molar-refractivity contribution >= 4 is 23.6 Å². The first-order valence-electron chi connectivity index (χ1n) is 10.8. The molecule has 176 valence electrons. The SMILES string of the molecule is CC(C)CC1(C)N=C(N)N(CC2CCN(C(=O)Nc3ccc(C(F)(F)F)cc3)CC2)C1=O. The molecule has 2 aliphatic rings. The Hall–Kier alpha value is -2.78. The number of aliphatic imine (C=N–C) groups is 1. The van der Waals surface area contributed by atoms with E-state index in [4.69, 9.17) is 5.73 Å². The molecule has 3 amide bonds. The predicted molar refractivity (Wildman–Crippen MR) is 116 cm³/mol. The first-order chi connectivity index (χ1) is 14.9. The number of carbonyl (C=O) groups is 2. The monoisotopic (exact) mass is 453 g/mol. The zero-order valence-corrected chi connectivity index (χ0v) is 18.6. The highest BCUT2D eigenvalue weighted by Gasteiger charge is 2.44. The van der Waals surface area contributed by atoms with Crippen LogP contribution in [0.3, 0.4) is 0 Å². The Kier molecular flexibility index (Phi) is 6.71. The summed E-state index contributed by atoms with van der Waals surface area (Å²) in [7, 11) is 0. The maximum absolute atomic E-state index is 12.9. The van der Waals surface area contributed by atoms with Gasteiger partial charge in [-0.15, -0.1) is 0 Å². The molecule has 1 saturated heterocycles. The summed E-state index contributed by atoms with van der Waals surface area (Å²) >= 11 is 0. The first-order valence-corrected chi connectivity index (χ1v) is 10.8. The van der Waals surface area contributed by atoms with E-state index >= 15 is 0 Å². The summed E-state index contributed by atoms with van der Waals surface area (Å²) in [6, 6.07) is 4.00. The van der Waals surface area contributed by atoms with Crippen molar-refractivity contribution in [3.63, 3.8) is 0 Å². The molecule has 1 unspecified atom stereocenters. The summed E-state index contributed by atoms with van der Waals surface area (Å²) in [5, 5.41) is 2.64. The number of likely N-dealkylation sites (tertiary alicyclic amines) is 1. The number of carbonyl (C=O) groups excluding carboxylic acids is 2. The van der Waals surface area contributed by atoms with Gasteiger partial charge in [-0.2, -0.15) is 13.2 Å². The van der Waals surface area contributed by atoms with Crippen LogP contribution in [0.15, 0.2) is 29.3 Å². The number of nitrogens with zero attached hydrogens (tertiary/aromatic N) is 3. The summed E-state index contributed by atoms with van der Waals surface area (Å²) in [5.41, 5.74) is 4.77. The lowest BCUT2D eigenvalue weighted by atomic mass is 9.90. The molecule has 32 heavy (non-hydrogen) atoms. The van der Waals surface area contributed by atoms with Crippen molar-refractivity contribution in [2.45, 2.75) is 51.7 Å². The Morgan fingerprint density at radius 2 is 1.84 bits per heavy atom. The van der Waals surface area contributed by atoms with Crippen LogP contribution in [0.1, 0.15) is 45.6 Å². The van der Waals surface area contributed by atoms with Gasteiger partial charge >= 0.3 is 12.2 Å². The third-order valence-corrected chi connectivity index (χ3v) is 5.96. The zero-order valence-electron chi connectivity index (χ0n) is 18.6. The fourth-order valence-corrected chi connectivity index (χ4v) is 4.38. The van der Waals surface area contributed by atoms with Gasteiger partial charge in [0.1, 0.15) is 5.54 Å². The van der Waals surface area contributed by atoms with Crippen LogP contribution in [-0.4, -0.2) is 52.9 Å². The van der Waals surface area contributed by atoms with E-state index in [1.165, 1.54) is 12.1 Å². The molecular weight excluding hydrogens is 423 g/mol. The standard InChI is InChI=1S/C22H30F3N5O2/c1-14(2)12-21(3)18(31)30(19(26)28-21)13-15-8-10-29(11-9-15)20(32)27-17-6-4-16(5-7-17)22(23,24)25/h4-7,14-15H,8-13H2,1-3H3,(H2,26,28)(H,27,32). The minimum absolute atomic E-state index is 0.0776. The summed E-state index contributed by atoms with van der Waals surface area (Å²) in [5.74, 6) is 0.669. The van der Waals surface area contributed by atoms with E-state index in [1.54, 1.807) is 9.80 Å². The predicted octanol–water partition coefficient (Wildman–Crippen LogP) is 3.91. The van der Waals surface area contributed by atoms with E-state index in [0.717, 1.165) is 12.1 Å². The van der Waals surface area contributed by atoms with Crippen LogP contribution in [0.25, 0.3) is 0 Å². The average molecular weight is 454 g/mol. The van der Waals surface area contributed by atoms with Crippen LogP contribution in [0.2, 0.25) is 0 Å². The van der Waals surface area contributed by atoms with Gasteiger partial charge in [-0.1, -0.05) is 13.8 Å². The molecule has 1 fully saturated rings. The summed E-state index contributed by atoms with van der Waals surface area (Å²) in [4.78, 5) is 33.0. The normalized spacial score (nSPS) is 22.5. The molecule has 0 spiro atoms. The van der Waals surface area contributed by atoms with Crippen molar-refractivity contribution in [2.75, 3.05) is 25.0 Å². The van der Waals surface area contributed by atoms with Crippen LogP contribution >= 0.6 is 0 Å². The van der Waals surface area contributed by atoms with E-state index in [1.807, 2.05) is 20.8 Å². The van der Waals surface area contributed by atoms with Crippen LogP contribution in [0.4, 0.5) is 23.7 Å². The van der Waals surface area contributed by atoms with Crippen molar-refractivity contribution in [3.05, 3.63) is 29.8 Å². The molecule has 3 rings (SSSR count). The lowest BCUT2D eigenvalue weighted by Crippen LogP contribution is -2.48. The van der Waals surface area contributed by atoms with Gasteiger partial charge in [0.05, 0.1) is 5.56 Å². The Bertz CT molecular complexity index is 877. The molecule has 0 bridgehead atoms. The largest absolute Gasteiger partial charge is 0.416 e. The maximum Gasteiger partial charge on any atom is 0.416 e. The Labute approximate surface area is 185 Å². The fourth-order valence-electron chi connectivity index (χ4n) is 4.38. The van der Waals surface area contributed by atoms with Crippen LogP contribution in [-0.2, 0) is 11.0 Å². The van der Waals surface area contributed by atoms with E-state index in [-0.39, 0.29) is 23.8 Å². The van der Waals surface area contributed by atoms with E-state index in [9.17, 15) is 22.8 Å². The molecule has 3 N–H and O–H groups in total. The van der Waals surface area contributed by atoms with Crippen LogP contribution in [0.5, 0.6) is 0 Å². The minimum Gasteiger partial charge on any atom is -0.369 e. The number of nitrogens with one attached hydrogen (secondary N) is 1. The quantitative estimate of drug-likeness (QED) is 0.708. The molecule has 2 heterocycles. The highest BCUT2D eigenvalue weighted by Crippen LogP contribution is 2.31. The number of nitrogens with two attached hydrogens (primary N) is 1. The Balaban J connectivity index is 1.50. The van der Waals surface area contributed by atoms with Crippen molar-refractivity contribution in [1.82, 2.24) is 9.80 Å². The zero-order chi connectivity index (χ0) is 23.7. The van der Waals surface area contributed by atoms with Crippen molar-refractivity contribution in [3.8, 4) is 0 Å². The van der Waals surface area contributed by atoms with Crippen LogP contribution < -0.4 is 11.1 Å². The molecule has 0 saturated carbocycles. The number of guanidine groups is 1. The highest BCUT2D eigenvalue weighted by molar-refractivity contribution is 6.06. The number of alkyl halides is 3. The topological polar surface area (TPSA) is 91.0 Å². The molecule has 2 aliphatic heterocycles. The van der Waals surface area contributed by atoms with Gasteiger partial charge in [0.25, 0.3) is 5.91 Å². The van der Waals surface area contributed by atoms with E-state index in [2.05, 4.69) is 10.3 Å². The molecule has 1 atom stereocenters. The second kappa shape index (κ2) is 8.99. The number of rotatable bonds is 5. The number of urea groups is 1. The number of halogens is 3. The number of piperidine rings is 1. The van der Waals surface area contributed by atoms with Crippen LogP contribution in [0, 0.1) is 11.8 Å². The van der Waals surface area contributed by atoms with Gasteiger partial charge in [-0.3, -0.25) is 9.69 Å². The number of amides is 3. The second-order valence-corrected chi connectivity index (χ2v) is 9.19. The van der Waals surface area contributed by atoms with Gasteiger partial charge in [0.2, 0.25) is 0 Å². The van der Waals surface area contributed by atoms with Gasteiger partial charge in [0, 0.05) is 25.3 Å². The smallest absolute Gasteiger partial charge is 0.369 e. The van der Waals surface area contributed by atoms with Crippen molar-refractivity contribution in [1.29, 1.82) is 0 Å². The van der Waals surface area contributed by atoms with Gasteiger partial charge in [-0.05, 0) is 62.3 Å². The molecule has 10 heteroatoms. The van der Waals surface area contributed by atoms with Gasteiger partial charge in [0.15, 0.2) is 5.96 Å². The molecule has 0 aliphatic carbocycles. The Morgan fingerprint density at radius 1 is 1.25 bits per heavy atom. The maximum atomic E-state index is 12.9. The Morgan fingerprint density at radius 3 is 2.38 bits per heavy atom. The second-order valence-electron chi connectivity index (χ2n) is 9.19. The number of hydrogen-bond donors (Lipinski definition) is 2. The third kappa shape index (κ3) is 5.34. The summed E-state index contributed by atoms with van der Waals surface area (Å²) < 4.78 is 38.0. The van der Waals surface area contributed by atoms with E-state index < -0.39 is 17.3 Å². The van der Waals surface area contributed by atoms with Crippen molar-refractivity contribution in [2.24, 2.45) is 22.6 Å². The number of hydrogen-bond acceptors (Lipinski definition) is 4. The van der Waals surface area contributed by atoms with E-state index in [0.29, 0.717) is 50.5 Å². The van der Waals surface area contributed by atoms with Gasteiger partial charge < -0.3 is 16.0 Å². The highest BCUT2D eigenvalue weighted by atomic mass is 19.4. The lowest BCUT2D eigenvalue weighted by molar-refractivity contribution is -0.137. The lowest BCUT2D eigenvalue weighted by Gasteiger charge is -2.34. The summed E-state index contributed by atoms with van der Waals surface area (Å²) in [6.45, 7) is 7.34. The molecular formula is C22H30F3N5O2.